The van der Waals surface area contributed by atoms with Crippen molar-refractivity contribution in [1.82, 2.24) is 40.0 Å². The lowest BCUT2D eigenvalue weighted by molar-refractivity contribution is 0.613. The van der Waals surface area contributed by atoms with Crippen LogP contribution in [0.5, 0.6) is 0 Å². The van der Waals surface area contributed by atoms with Crippen LogP contribution in [0.15, 0.2) is 39.4 Å². The normalized spacial score (nSPS) is 11.4. The molecule has 0 unspecified atom stereocenters. The first kappa shape index (κ1) is 21.9. The minimum atomic E-state index is 0.522. The predicted molar refractivity (Wildman–Crippen MR) is 126 cm³/mol. The first-order valence-corrected chi connectivity index (χ1v) is 12.0. The number of H-pyrrole nitrogens is 1. The molecule has 31 heavy (non-hydrogen) atoms. The number of unbranched alkanes of at least 4 members (excludes halogenated alkanes) is 1. The van der Waals surface area contributed by atoms with Crippen molar-refractivity contribution in [1.29, 1.82) is 0 Å². The number of nitrogens with one attached hydrogen (secondary N) is 1. The van der Waals surface area contributed by atoms with Crippen LogP contribution < -0.4 is 0 Å². The zero-order valence-corrected chi connectivity index (χ0v) is 20.7. The number of tetrazole rings is 1. The highest BCUT2D eigenvalue weighted by molar-refractivity contribution is 9.11. The molecule has 0 saturated heterocycles. The van der Waals surface area contributed by atoms with Gasteiger partial charge in [0, 0.05) is 23.0 Å². The Kier molecular flexibility index (Phi) is 6.96. The lowest BCUT2D eigenvalue weighted by Gasteiger charge is -2.11. The molecule has 162 valence electrons. The van der Waals surface area contributed by atoms with Crippen LogP contribution in [0.25, 0.3) is 17.2 Å². The van der Waals surface area contributed by atoms with Crippen molar-refractivity contribution in [3.63, 3.8) is 0 Å². The maximum absolute atomic E-state index is 4.77. The molecule has 10 heteroatoms. The molecule has 8 nitrogen and oxygen atoms in total. The van der Waals surface area contributed by atoms with E-state index in [4.69, 9.17) is 10.1 Å². The second kappa shape index (κ2) is 9.86. The summed E-state index contributed by atoms with van der Waals surface area (Å²) in [6, 6.07) is 10.4. The van der Waals surface area contributed by atoms with E-state index in [1.807, 2.05) is 10.6 Å². The van der Waals surface area contributed by atoms with Crippen LogP contribution in [0.2, 0.25) is 0 Å². The maximum atomic E-state index is 4.77. The number of rotatable bonds is 9. The fourth-order valence-electron chi connectivity index (χ4n) is 3.50. The van der Waals surface area contributed by atoms with E-state index in [2.05, 4.69) is 95.3 Å². The molecule has 0 spiro atoms. The molecule has 4 rings (SSSR count). The molecular weight excluding hydrogens is 524 g/mol. The van der Waals surface area contributed by atoms with Crippen LogP contribution in [-0.4, -0.2) is 40.0 Å². The monoisotopic (exact) mass is 546 g/mol. The average Bonchev–Trinajstić information content (AvgIpc) is 3.47. The highest BCUT2D eigenvalue weighted by atomic mass is 79.9. The summed E-state index contributed by atoms with van der Waals surface area (Å²) in [6.07, 6.45) is 5.20. The van der Waals surface area contributed by atoms with Crippen molar-refractivity contribution in [3.8, 4) is 17.2 Å². The predicted octanol–water partition coefficient (Wildman–Crippen LogP) is 5.12. The molecule has 0 bridgehead atoms. The van der Waals surface area contributed by atoms with Crippen molar-refractivity contribution < 1.29 is 0 Å². The van der Waals surface area contributed by atoms with E-state index in [-0.39, 0.29) is 0 Å². The van der Waals surface area contributed by atoms with Gasteiger partial charge in [0.05, 0.1) is 11.1 Å². The van der Waals surface area contributed by atoms with Crippen LogP contribution in [0.3, 0.4) is 0 Å². The highest BCUT2D eigenvalue weighted by Gasteiger charge is 2.19. The van der Waals surface area contributed by atoms with Crippen LogP contribution in [0.1, 0.15) is 50.3 Å². The summed E-state index contributed by atoms with van der Waals surface area (Å²) in [7, 11) is 0. The van der Waals surface area contributed by atoms with Crippen molar-refractivity contribution >= 4 is 31.9 Å². The van der Waals surface area contributed by atoms with Crippen molar-refractivity contribution in [2.45, 2.75) is 52.5 Å². The van der Waals surface area contributed by atoms with Gasteiger partial charge in [-0.3, -0.25) is 4.57 Å². The van der Waals surface area contributed by atoms with E-state index >= 15 is 0 Å². The van der Waals surface area contributed by atoms with Crippen LogP contribution in [0, 0.1) is 0 Å². The largest absolute Gasteiger partial charge is 0.300 e. The summed E-state index contributed by atoms with van der Waals surface area (Å²) in [6.45, 7) is 5.07. The summed E-state index contributed by atoms with van der Waals surface area (Å²) >= 11 is 7.24. The van der Waals surface area contributed by atoms with Crippen molar-refractivity contribution in [3.05, 3.63) is 56.6 Å². The first-order valence-electron chi connectivity index (χ1n) is 10.4. The topological polar surface area (TPSA) is 90.1 Å². The lowest BCUT2D eigenvalue weighted by Crippen LogP contribution is -2.07. The molecule has 0 amide bonds. The number of nitrogens with zero attached hydrogens (tertiary/aromatic N) is 7. The molecule has 0 fully saturated rings. The number of aromatic nitrogens is 8. The Labute approximate surface area is 197 Å². The van der Waals surface area contributed by atoms with Crippen LogP contribution in [0.4, 0.5) is 0 Å². The van der Waals surface area contributed by atoms with E-state index in [1.165, 1.54) is 5.56 Å². The Morgan fingerprint density at radius 2 is 1.84 bits per heavy atom. The van der Waals surface area contributed by atoms with Gasteiger partial charge in [-0.15, -0.1) is 10.2 Å². The first-order chi connectivity index (χ1) is 15.1. The zero-order valence-electron chi connectivity index (χ0n) is 17.5. The van der Waals surface area contributed by atoms with Crippen LogP contribution >= 0.6 is 31.9 Å². The van der Waals surface area contributed by atoms with Gasteiger partial charge in [-0.1, -0.05) is 32.4 Å². The van der Waals surface area contributed by atoms with E-state index in [1.54, 1.807) is 0 Å². The molecule has 0 aliphatic rings. The van der Waals surface area contributed by atoms with Gasteiger partial charge in [-0.05, 0) is 73.7 Å². The number of hydrogen-bond acceptors (Lipinski definition) is 5. The van der Waals surface area contributed by atoms with E-state index in [0.717, 1.165) is 64.2 Å². The van der Waals surface area contributed by atoms with E-state index in [9.17, 15) is 0 Å². The third-order valence-electron chi connectivity index (χ3n) is 5.01. The average molecular weight is 548 g/mol. The Hall–Kier alpha value is -2.33. The minimum absolute atomic E-state index is 0.522. The zero-order chi connectivity index (χ0) is 21.8. The van der Waals surface area contributed by atoms with Gasteiger partial charge in [0.1, 0.15) is 11.5 Å². The standard InChI is InChI=1S/C21H24Br2N8/c1-3-5-7-19-24-18(6-4-2)27-30(19)13-14-8-10-15(11-9-14)31-17(23)12-16(22)20(31)21-25-28-29-26-21/h8-12H,3-7,13H2,1-2H3,(H,25,26,28,29). The van der Waals surface area contributed by atoms with Crippen molar-refractivity contribution in [2.24, 2.45) is 0 Å². The van der Waals surface area contributed by atoms with Crippen LogP contribution in [-0.2, 0) is 19.4 Å². The molecule has 1 N–H and O–H groups in total. The molecule has 0 saturated carbocycles. The van der Waals surface area contributed by atoms with Gasteiger partial charge in [-0.2, -0.15) is 10.3 Å². The van der Waals surface area contributed by atoms with E-state index < -0.39 is 0 Å². The lowest BCUT2D eigenvalue weighted by atomic mass is 10.2. The molecule has 0 aliphatic carbocycles. The van der Waals surface area contributed by atoms with Gasteiger partial charge >= 0.3 is 0 Å². The van der Waals surface area contributed by atoms with E-state index in [0.29, 0.717) is 12.4 Å². The molecule has 4 aromatic rings. The number of aryl methyl sites for hydroxylation is 2. The second-order valence-corrected chi connectivity index (χ2v) is 9.02. The second-order valence-electron chi connectivity index (χ2n) is 7.36. The Balaban J connectivity index is 1.61. The molecule has 3 aromatic heterocycles. The van der Waals surface area contributed by atoms with Gasteiger partial charge < -0.3 is 0 Å². The van der Waals surface area contributed by atoms with Gasteiger partial charge in [-0.25, -0.2) is 9.67 Å². The Morgan fingerprint density at radius 1 is 1.03 bits per heavy atom. The Bertz CT molecular complexity index is 1130. The Morgan fingerprint density at radius 3 is 2.52 bits per heavy atom. The summed E-state index contributed by atoms with van der Waals surface area (Å²) < 4.78 is 5.88. The fraction of sp³-hybridized carbons (Fsp3) is 0.381. The summed E-state index contributed by atoms with van der Waals surface area (Å²) in [5.74, 6) is 2.54. The molecule has 0 atom stereocenters. The number of benzene rings is 1. The third kappa shape index (κ3) is 4.79. The molecule has 3 heterocycles. The number of hydrogen-bond donors (Lipinski definition) is 1. The molecule has 1 aromatic carbocycles. The summed E-state index contributed by atoms with van der Waals surface area (Å²) in [5, 5.41) is 19.2. The smallest absolute Gasteiger partial charge is 0.222 e. The molecule has 0 radical (unpaired) electrons. The summed E-state index contributed by atoms with van der Waals surface area (Å²) in [5.41, 5.74) is 3.01. The molecular formula is C21H24Br2N8. The third-order valence-corrected chi connectivity index (χ3v) is 6.20. The number of halogens is 2. The quantitative estimate of drug-likeness (QED) is 0.314. The maximum Gasteiger partial charge on any atom is 0.222 e. The number of aromatic amines is 1. The molecule has 0 aliphatic heterocycles. The SMILES string of the molecule is CCCCc1nc(CCC)nn1Cc1ccc(-n2c(Br)cc(Br)c2-c2nn[nH]n2)cc1. The summed E-state index contributed by atoms with van der Waals surface area (Å²) in [4.78, 5) is 4.77. The fourth-order valence-corrected chi connectivity index (χ4v) is 4.99. The minimum Gasteiger partial charge on any atom is -0.300 e. The van der Waals surface area contributed by atoms with Crippen molar-refractivity contribution in [2.75, 3.05) is 0 Å². The highest BCUT2D eigenvalue weighted by Crippen LogP contribution is 2.34. The van der Waals surface area contributed by atoms with Gasteiger partial charge in [0.15, 0.2) is 5.82 Å². The van der Waals surface area contributed by atoms with Gasteiger partial charge in [0.25, 0.3) is 0 Å². The van der Waals surface area contributed by atoms with Gasteiger partial charge in [0.2, 0.25) is 5.82 Å².